The summed E-state index contributed by atoms with van der Waals surface area (Å²) < 4.78 is 0. The van der Waals surface area contributed by atoms with Crippen LogP contribution < -0.4 is 10.2 Å². The van der Waals surface area contributed by atoms with E-state index < -0.39 is 40.9 Å². The van der Waals surface area contributed by atoms with Crippen molar-refractivity contribution in [3.05, 3.63) is 65.7 Å². The summed E-state index contributed by atoms with van der Waals surface area (Å²) in [5.74, 6) is -3.49. The van der Waals surface area contributed by atoms with Gasteiger partial charge < -0.3 is 0 Å². The second kappa shape index (κ2) is 5.20. The van der Waals surface area contributed by atoms with Crippen molar-refractivity contribution in [2.24, 2.45) is 11.8 Å². The van der Waals surface area contributed by atoms with Crippen molar-refractivity contribution in [2.45, 2.75) is 18.5 Å². The SMILES string of the molecule is C[C@@H]1NC2(C(=O)c3ccccc3C2=O)[C@H]2C(=O)N(c3ccccc3)C(=O)[C@H]12. The molecule has 1 aliphatic carbocycles. The molecule has 2 aromatic carbocycles. The molecule has 2 saturated heterocycles. The van der Waals surface area contributed by atoms with E-state index in [4.69, 9.17) is 0 Å². The second-order valence-corrected chi connectivity index (χ2v) is 7.30. The van der Waals surface area contributed by atoms with Gasteiger partial charge in [-0.2, -0.15) is 0 Å². The number of carbonyl (C=O) groups is 4. The number of ketones is 2. The molecule has 2 amide bonds. The van der Waals surface area contributed by atoms with Crippen molar-refractivity contribution in [1.82, 2.24) is 5.32 Å². The van der Waals surface area contributed by atoms with Gasteiger partial charge in [-0.15, -0.1) is 0 Å². The molecule has 5 rings (SSSR count). The number of rotatable bonds is 1. The molecule has 0 unspecified atom stereocenters. The van der Waals surface area contributed by atoms with Crippen LogP contribution in [0.2, 0.25) is 0 Å². The smallest absolute Gasteiger partial charge is 0.240 e. The zero-order valence-electron chi connectivity index (χ0n) is 14.5. The Hall–Kier alpha value is -3.12. The van der Waals surface area contributed by atoms with Gasteiger partial charge in [0.15, 0.2) is 17.1 Å². The van der Waals surface area contributed by atoms with Crippen LogP contribution in [0.3, 0.4) is 0 Å². The topological polar surface area (TPSA) is 83.6 Å². The highest BCUT2D eigenvalue weighted by molar-refractivity contribution is 6.37. The number of hydrogen-bond acceptors (Lipinski definition) is 5. The fourth-order valence-corrected chi connectivity index (χ4v) is 4.84. The predicted octanol–water partition coefficient (Wildman–Crippen LogP) is 1.60. The molecular formula is C21H16N2O4. The minimum Gasteiger partial charge on any atom is -0.294 e. The molecule has 6 nitrogen and oxygen atoms in total. The molecule has 134 valence electrons. The maximum atomic E-state index is 13.3. The lowest BCUT2D eigenvalue weighted by Crippen LogP contribution is -2.58. The van der Waals surface area contributed by atoms with E-state index in [1.54, 1.807) is 61.5 Å². The average molecular weight is 360 g/mol. The van der Waals surface area contributed by atoms with E-state index in [0.29, 0.717) is 16.8 Å². The van der Waals surface area contributed by atoms with E-state index in [9.17, 15) is 19.2 Å². The van der Waals surface area contributed by atoms with Crippen molar-refractivity contribution in [3.8, 4) is 0 Å². The number of amides is 2. The Labute approximate surface area is 155 Å². The highest BCUT2D eigenvalue weighted by Crippen LogP contribution is 2.49. The number of hydrogen-bond donors (Lipinski definition) is 1. The van der Waals surface area contributed by atoms with Crippen molar-refractivity contribution in [1.29, 1.82) is 0 Å². The van der Waals surface area contributed by atoms with Crippen LogP contribution in [-0.2, 0) is 9.59 Å². The van der Waals surface area contributed by atoms with Crippen LogP contribution in [-0.4, -0.2) is 35.0 Å². The molecule has 2 aromatic rings. The van der Waals surface area contributed by atoms with Gasteiger partial charge in [-0.05, 0) is 19.1 Å². The number of imide groups is 1. The third-order valence-electron chi connectivity index (χ3n) is 5.96. The van der Waals surface area contributed by atoms with E-state index in [2.05, 4.69) is 5.32 Å². The summed E-state index contributed by atoms with van der Waals surface area (Å²) in [5.41, 5.74) is -0.619. The predicted molar refractivity (Wildman–Crippen MR) is 96.3 cm³/mol. The molecule has 1 N–H and O–H groups in total. The van der Waals surface area contributed by atoms with Crippen LogP contribution in [0.25, 0.3) is 0 Å². The summed E-state index contributed by atoms with van der Waals surface area (Å²) in [4.78, 5) is 54.0. The van der Waals surface area contributed by atoms with E-state index in [0.717, 1.165) is 4.90 Å². The Balaban J connectivity index is 1.67. The highest BCUT2D eigenvalue weighted by atomic mass is 16.2. The number of nitrogens with zero attached hydrogens (tertiary/aromatic N) is 1. The first kappa shape index (κ1) is 16.1. The minimum atomic E-state index is -1.69. The summed E-state index contributed by atoms with van der Waals surface area (Å²) in [7, 11) is 0. The summed E-state index contributed by atoms with van der Waals surface area (Å²) in [6, 6.07) is 14.7. The minimum absolute atomic E-state index is 0.307. The molecular weight excluding hydrogens is 344 g/mol. The quantitative estimate of drug-likeness (QED) is 0.617. The van der Waals surface area contributed by atoms with Crippen molar-refractivity contribution < 1.29 is 19.2 Å². The molecule has 3 aliphatic rings. The maximum Gasteiger partial charge on any atom is 0.240 e. The van der Waals surface area contributed by atoms with Gasteiger partial charge in [-0.25, -0.2) is 4.90 Å². The summed E-state index contributed by atoms with van der Waals surface area (Å²) in [6.07, 6.45) is 0. The molecule has 2 fully saturated rings. The molecule has 2 aliphatic heterocycles. The Morgan fingerprint density at radius 2 is 1.37 bits per heavy atom. The number of fused-ring (bicyclic) bond motifs is 3. The lowest BCUT2D eigenvalue weighted by Gasteiger charge is -2.27. The fourth-order valence-electron chi connectivity index (χ4n) is 4.84. The normalized spacial score (nSPS) is 28.2. The van der Waals surface area contributed by atoms with Crippen LogP contribution in [0.15, 0.2) is 54.6 Å². The molecule has 0 radical (unpaired) electrons. The maximum absolute atomic E-state index is 13.3. The zero-order chi connectivity index (χ0) is 18.9. The Bertz CT molecular complexity index is 994. The fraction of sp³-hybridized carbons (Fsp3) is 0.238. The molecule has 0 bridgehead atoms. The van der Waals surface area contributed by atoms with Crippen LogP contribution in [0, 0.1) is 11.8 Å². The van der Waals surface area contributed by atoms with Crippen molar-refractivity contribution in [2.75, 3.05) is 4.90 Å². The number of Topliss-reactive ketones (excluding diaryl/α,β-unsaturated/α-hetero) is 2. The first-order chi connectivity index (χ1) is 13.0. The number of nitrogens with one attached hydrogen (secondary N) is 1. The molecule has 2 heterocycles. The van der Waals surface area contributed by atoms with Gasteiger partial charge in [-0.1, -0.05) is 42.5 Å². The third kappa shape index (κ3) is 1.78. The number of para-hydroxylation sites is 1. The van der Waals surface area contributed by atoms with Gasteiger partial charge in [0.2, 0.25) is 11.8 Å². The average Bonchev–Trinajstić information content (AvgIpc) is 3.22. The Kier molecular flexibility index (Phi) is 3.10. The zero-order valence-corrected chi connectivity index (χ0v) is 14.5. The monoisotopic (exact) mass is 360 g/mol. The first-order valence-electron chi connectivity index (χ1n) is 8.87. The summed E-state index contributed by atoms with van der Waals surface area (Å²) >= 11 is 0. The van der Waals surface area contributed by atoms with Gasteiger partial charge in [0, 0.05) is 17.2 Å². The Morgan fingerprint density at radius 1 is 0.815 bits per heavy atom. The third-order valence-corrected chi connectivity index (χ3v) is 5.96. The molecule has 1 spiro atoms. The summed E-state index contributed by atoms with van der Waals surface area (Å²) in [6.45, 7) is 1.75. The number of carbonyl (C=O) groups excluding carboxylic acids is 4. The second-order valence-electron chi connectivity index (χ2n) is 7.30. The van der Waals surface area contributed by atoms with Crippen LogP contribution >= 0.6 is 0 Å². The van der Waals surface area contributed by atoms with Gasteiger partial charge in [0.25, 0.3) is 0 Å². The number of anilines is 1. The highest BCUT2D eigenvalue weighted by Gasteiger charge is 2.72. The van der Waals surface area contributed by atoms with E-state index >= 15 is 0 Å². The van der Waals surface area contributed by atoms with Gasteiger partial charge >= 0.3 is 0 Å². The summed E-state index contributed by atoms with van der Waals surface area (Å²) in [5, 5.41) is 3.04. The Morgan fingerprint density at radius 3 is 1.96 bits per heavy atom. The molecule has 0 aromatic heterocycles. The van der Waals surface area contributed by atoms with Crippen LogP contribution in [0.1, 0.15) is 27.6 Å². The van der Waals surface area contributed by atoms with Gasteiger partial charge in [-0.3, -0.25) is 24.5 Å². The number of benzene rings is 2. The van der Waals surface area contributed by atoms with E-state index in [-0.39, 0.29) is 5.91 Å². The lowest BCUT2D eigenvalue weighted by molar-refractivity contribution is -0.123. The standard InChI is InChI=1S/C21H16N2O4/c1-11-15-16(20(27)23(19(15)26)12-7-3-2-4-8-12)21(22-11)17(24)13-9-5-6-10-14(13)18(21)25/h2-11,15-16,22H,1H3/t11-,15+,16+/m0/s1. The van der Waals surface area contributed by atoms with Gasteiger partial charge in [0.1, 0.15) is 0 Å². The van der Waals surface area contributed by atoms with E-state index in [1.807, 2.05) is 0 Å². The van der Waals surface area contributed by atoms with Crippen molar-refractivity contribution >= 4 is 29.1 Å². The molecule has 0 saturated carbocycles. The van der Waals surface area contributed by atoms with Crippen LogP contribution in [0.4, 0.5) is 5.69 Å². The molecule has 3 atom stereocenters. The van der Waals surface area contributed by atoms with Crippen LogP contribution in [0.5, 0.6) is 0 Å². The largest absolute Gasteiger partial charge is 0.294 e. The lowest BCUT2D eigenvalue weighted by atomic mass is 9.77. The van der Waals surface area contributed by atoms with E-state index in [1.165, 1.54) is 0 Å². The first-order valence-corrected chi connectivity index (χ1v) is 8.87. The van der Waals surface area contributed by atoms with Gasteiger partial charge in [0.05, 0.1) is 17.5 Å². The molecule has 27 heavy (non-hydrogen) atoms. The van der Waals surface area contributed by atoms with Crippen molar-refractivity contribution in [3.63, 3.8) is 0 Å². The molecule has 6 heteroatoms.